The highest BCUT2D eigenvalue weighted by Gasteiger charge is 2.29. The number of hydrogen-bond donors (Lipinski definition) is 0. The minimum atomic E-state index is -0.431. The number of fused-ring (bicyclic) bond motifs is 1. The molecule has 1 aromatic carbocycles. The fraction of sp³-hybridized carbons (Fsp3) is 0.353. The molecule has 0 unspecified atom stereocenters. The molecule has 1 aromatic heterocycles. The topological polar surface area (TPSA) is 59.5 Å². The number of esters is 1. The molecule has 1 fully saturated rings. The van der Waals surface area contributed by atoms with E-state index in [0.717, 1.165) is 10.8 Å². The molecular weight excluding hydrogens is 280 g/mol. The van der Waals surface area contributed by atoms with Gasteiger partial charge in [-0.2, -0.15) is 0 Å². The van der Waals surface area contributed by atoms with Gasteiger partial charge in [-0.3, -0.25) is 4.79 Å². The number of pyridine rings is 1. The molecule has 3 rings (SSSR count). The second-order valence-corrected chi connectivity index (χ2v) is 5.48. The van der Waals surface area contributed by atoms with Gasteiger partial charge in [0.1, 0.15) is 0 Å². The van der Waals surface area contributed by atoms with E-state index in [9.17, 15) is 9.59 Å². The van der Waals surface area contributed by atoms with Crippen LogP contribution in [0.4, 0.5) is 0 Å². The summed E-state index contributed by atoms with van der Waals surface area (Å²) in [5, 5.41) is 1.74. The molecule has 0 bridgehead atoms. The van der Waals surface area contributed by atoms with Crippen molar-refractivity contribution in [2.45, 2.75) is 13.3 Å². The fourth-order valence-corrected chi connectivity index (χ4v) is 2.82. The summed E-state index contributed by atoms with van der Waals surface area (Å²) in [6, 6.07) is 9.44. The van der Waals surface area contributed by atoms with Crippen molar-refractivity contribution in [3.8, 4) is 0 Å². The SMILES string of the molecule is CCN1C[C@@H](COC(=O)c2nccc3ccccc23)CC1=O. The van der Waals surface area contributed by atoms with Crippen molar-refractivity contribution >= 4 is 22.6 Å². The number of nitrogens with zero attached hydrogens (tertiary/aromatic N) is 2. The Balaban J connectivity index is 1.68. The van der Waals surface area contributed by atoms with Crippen LogP contribution in [0.25, 0.3) is 10.8 Å². The largest absolute Gasteiger partial charge is 0.461 e. The first-order valence-corrected chi connectivity index (χ1v) is 7.47. The van der Waals surface area contributed by atoms with Gasteiger partial charge in [-0.15, -0.1) is 0 Å². The Bertz CT molecular complexity index is 709. The summed E-state index contributed by atoms with van der Waals surface area (Å²) in [6.07, 6.45) is 2.06. The normalized spacial score (nSPS) is 18.0. The predicted molar refractivity (Wildman–Crippen MR) is 82.4 cm³/mol. The number of amides is 1. The maximum absolute atomic E-state index is 12.3. The van der Waals surface area contributed by atoms with E-state index in [4.69, 9.17) is 4.74 Å². The third-order valence-electron chi connectivity index (χ3n) is 3.99. The van der Waals surface area contributed by atoms with Gasteiger partial charge in [-0.05, 0) is 18.4 Å². The number of ether oxygens (including phenoxy) is 1. The molecule has 5 heteroatoms. The number of benzene rings is 1. The van der Waals surface area contributed by atoms with E-state index in [2.05, 4.69) is 4.98 Å². The molecule has 1 saturated heterocycles. The van der Waals surface area contributed by atoms with Crippen molar-refractivity contribution in [3.05, 3.63) is 42.2 Å². The van der Waals surface area contributed by atoms with E-state index in [1.807, 2.05) is 37.3 Å². The van der Waals surface area contributed by atoms with E-state index >= 15 is 0 Å². The summed E-state index contributed by atoms with van der Waals surface area (Å²) >= 11 is 0. The number of carbonyl (C=O) groups is 2. The van der Waals surface area contributed by atoms with Crippen molar-refractivity contribution < 1.29 is 14.3 Å². The highest BCUT2D eigenvalue weighted by Crippen LogP contribution is 2.20. The van der Waals surface area contributed by atoms with Crippen molar-refractivity contribution in [2.24, 2.45) is 5.92 Å². The quantitative estimate of drug-likeness (QED) is 0.812. The Morgan fingerprint density at radius 2 is 2.18 bits per heavy atom. The van der Waals surface area contributed by atoms with Gasteiger partial charge in [0, 0.05) is 37.0 Å². The van der Waals surface area contributed by atoms with Gasteiger partial charge < -0.3 is 9.64 Å². The first kappa shape index (κ1) is 14.5. The lowest BCUT2D eigenvalue weighted by Gasteiger charge is -2.13. The van der Waals surface area contributed by atoms with Crippen LogP contribution >= 0.6 is 0 Å². The van der Waals surface area contributed by atoms with Crippen LogP contribution in [0.5, 0.6) is 0 Å². The number of carbonyl (C=O) groups excluding carboxylic acids is 2. The van der Waals surface area contributed by atoms with Crippen LogP contribution in [-0.4, -0.2) is 41.5 Å². The Kier molecular flexibility index (Phi) is 4.04. The zero-order valence-electron chi connectivity index (χ0n) is 12.5. The van der Waals surface area contributed by atoms with Crippen LogP contribution in [0.2, 0.25) is 0 Å². The summed E-state index contributed by atoms with van der Waals surface area (Å²) < 4.78 is 5.38. The maximum Gasteiger partial charge on any atom is 0.357 e. The Morgan fingerprint density at radius 1 is 1.36 bits per heavy atom. The van der Waals surface area contributed by atoms with Gasteiger partial charge in [0.2, 0.25) is 5.91 Å². The van der Waals surface area contributed by atoms with Crippen molar-refractivity contribution in [1.82, 2.24) is 9.88 Å². The molecule has 1 aliphatic rings. The van der Waals surface area contributed by atoms with Crippen LogP contribution in [0, 0.1) is 5.92 Å². The van der Waals surface area contributed by atoms with Gasteiger partial charge in [0.25, 0.3) is 0 Å². The van der Waals surface area contributed by atoms with Crippen molar-refractivity contribution in [2.75, 3.05) is 19.7 Å². The van der Waals surface area contributed by atoms with E-state index < -0.39 is 5.97 Å². The smallest absolute Gasteiger partial charge is 0.357 e. The minimum Gasteiger partial charge on any atom is -0.461 e. The van der Waals surface area contributed by atoms with Gasteiger partial charge in [0.15, 0.2) is 5.69 Å². The average Bonchev–Trinajstić information content (AvgIpc) is 2.92. The van der Waals surface area contributed by atoms with Gasteiger partial charge in [-0.1, -0.05) is 24.3 Å². The molecule has 0 N–H and O–H groups in total. The molecule has 114 valence electrons. The molecule has 0 saturated carbocycles. The van der Waals surface area contributed by atoms with E-state index in [-0.39, 0.29) is 18.4 Å². The molecular formula is C17H18N2O3. The van der Waals surface area contributed by atoms with Gasteiger partial charge in [0.05, 0.1) is 6.61 Å². The second kappa shape index (κ2) is 6.13. The van der Waals surface area contributed by atoms with E-state index in [0.29, 0.717) is 25.2 Å². The number of rotatable bonds is 4. The molecule has 5 nitrogen and oxygen atoms in total. The molecule has 0 spiro atoms. The third-order valence-corrected chi connectivity index (χ3v) is 3.99. The lowest BCUT2D eigenvalue weighted by molar-refractivity contribution is -0.127. The molecule has 0 aliphatic carbocycles. The number of aromatic nitrogens is 1. The Morgan fingerprint density at radius 3 is 2.95 bits per heavy atom. The molecule has 1 aliphatic heterocycles. The van der Waals surface area contributed by atoms with E-state index in [1.54, 1.807) is 11.1 Å². The summed E-state index contributed by atoms with van der Waals surface area (Å²) in [7, 11) is 0. The number of hydrogen-bond acceptors (Lipinski definition) is 4. The van der Waals surface area contributed by atoms with E-state index in [1.165, 1.54) is 0 Å². The van der Waals surface area contributed by atoms with Crippen LogP contribution < -0.4 is 0 Å². The summed E-state index contributed by atoms with van der Waals surface area (Å²) in [5.41, 5.74) is 0.328. The van der Waals surface area contributed by atoms with Gasteiger partial charge in [-0.25, -0.2) is 9.78 Å². The van der Waals surface area contributed by atoms with Crippen LogP contribution in [0.1, 0.15) is 23.8 Å². The first-order chi connectivity index (χ1) is 10.7. The molecule has 22 heavy (non-hydrogen) atoms. The minimum absolute atomic E-state index is 0.0753. The standard InChI is InChI=1S/C17H18N2O3/c1-2-19-10-12(9-15(19)20)11-22-17(21)16-14-6-4-3-5-13(14)7-8-18-16/h3-8,12H,2,9-11H2,1H3/t12-/m0/s1. The molecule has 2 heterocycles. The molecule has 1 amide bonds. The van der Waals surface area contributed by atoms with Crippen LogP contribution in [-0.2, 0) is 9.53 Å². The summed E-state index contributed by atoms with van der Waals surface area (Å²) in [5.74, 6) is -0.225. The van der Waals surface area contributed by atoms with Crippen molar-refractivity contribution in [3.63, 3.8) is 0 Å². The highest BCUT2D eigenvalue weighted by molar-refractivity contribution is 6.02. The molecule has 1 atom stereocenters. The Labute approximate surface area is 128 Å². The fourth-order valence-electron chi connectivity index (χ4n) is 2.82. The highest BCUT2D eigenvalue weighted by atomic mass is 16.5. The zero-order chi connectivity index (χ0) is 15.5. The average molecular weight is 298 g/mol. The summed E-state index contributed by atoms with van der Waals surface area (Å²) in [4.78, 5) is 29.9. The maximum atomic E-state index is 12.3. The zero-order valence-corrected chi connectivity index (χ0v) is 12.5. The second-order valence-electron chi connectivity index (χ2n) is 5.48. The Hall–Kier alpha value is -2.43. The monoisotopic (exact) mass is 298 g/mol. The number of likely N-dealkylation sites (tertiary alicyclic amines) is 1. The first-order valence-electron chi connectivity index (χ1n) is 7.47. The third kappa shape index (κ3) is 2.79. The molecule has 0 radical (unpaired) electrons. The molecule has 2 aromatic rings. The van der Waals surface area contributed by atoms with Gasteiger partial charge >= 0.3 is 5.97 Å². The predicted octanol–water partition coefficient (Wildman–Crippen LogP) is 2.26. The summed E-state index contributed by atoms with van der Waals surface area (Å²) in [6.45, 7) is 3.57. The van der Waals surface area contributed by atoms with Crippen LogP contribution in [0.15, 0.2) is 36.5 Å². The van der Waals surface area contributed by atoms with Crippen molar-refractivity contribution in [1.29, 1.82) is 0 Å². The lowest BCUT2D eigenvalue weighted by atomic mass is 10.1. The lowest BCUT2D eigenvalue weighted by Crippen LogP contribution is -2.25. The van der Waals surface area contributed by atoms with Crippen LogP contribution in [0.3, 0.4) is 0 Å².